The average molecular weight is 356 g/mol. The van der Waals surface area contributed by atoms with Gasteiger partial charge in [-0.15, -0.1) is 0 Å². The van der Waals surface area contributed by atoms with Gasteiger partial charge in [0.15, 0.2) is 18.1 Å². The van der Waals surface area contributed by atoms with E-state index in [0.717, 1.165) is 16.7 Å². The number of carbonyl (C=O) groups is 1. The molecule has 0 bridgehead atoms. The number of aryl methyl sites for hydroxylation is 2. The lowest BCUT2D eigenvalue weighted by Gasteiger charge is -2.11. The van der Waals surface area contributed by atoms with Crippen molar-refractivity contribution in [2.75, 3.05) is 13.2 Å². The molecule has 0 fully saturated rings. The monoisotopic (exact) mass is 356 g/mol. The van der Waals surface area contributed by atoms with E-state index >= 15 is 0 Å². The average Bonchev–Trinajstić information content (AvgIpc) is 2.59. The molecule has 2 rings (SSSR count). The lowest BCUT2D eigenvalue weighted by atomic mass is 10.1. The molecule has 0 aliphatic carbocycles. The van der Waals surface area contributed by atoms with Gasteiger partial charge in [0.25, 0.3) is 5.91 Å². The van der Waals surface area contributed by atoms with E-state index in [-0.39, 0.29) is 18.3 Å². The Morgan fingerprint density at radius 3 is 2.65 bits per heavy atom. The van der Waals surface area contributed by atoms with Crippen molar-refractivity contribution < 1.29 is 19.4 Å². The Labute approximate surface area is 153 Å². The summed E-state index contributed by atoms with van der Waals surface area (Å²) in [5.41, 5.74) is 6.33. The minimum absolute atomic E-state index is 0.0604. The quantitative estimate of drug-likeness (QED) is 0.589. The van der Waals surface area contributed by atoms with Crippen LogP contribution in [-0.2, 0) is 4.79 Å². The summed E-state index contributed by atoms with van der Waals surface area (Å²) >= 11 is 0. The molecule has 0 aliphatic heterocycles. The van der Waals surface area contributed by atoms with Crippen molar-refractivity contribution in [1.82, 2.24) is 5.43 Å². The molecule has 6 nitrogen and oxygen atoms in total. The van der Waals surface area contributed by atoms with Gasteiger partial charge in [-0.05, 0) is 74.2 Å². The zero-order valence-corrected chi connectivity index (χ0v) is 15.5. The van der Waals surface area contributed by atoms with E-state index in [1.807, 2.05) is 33.8 Å². The number of hydrogen-bond acceptors (Lipinski definition) is 5. The number of hydrazone groups is 1. The Kier molecular flexibility index (Phi) is 6.60. The van der Waals surface area contributed by atoms with E-state index in [1.165, 1.54) is 12.3 Å². The number of aromatic hydroxyl groups is 1. The Morgan fingerprint density at radius 1 is 1.15 bits per heavy atom. The number of amides is 1. The van der Waals surface area contributed by atoms with Crippen molar-refractivity contribution in [3.63, 3.8) is 0 Å². The van der Waals surface area contributed by atoms with Gasteiger partial charge in [-0.2, -0.15) is 5.10 Å². The molecule has 26 heavy (non-hydrogen) atoms. The Bertz CT molecular complexity index is 816. The number of ether oxygens (including phenoxy) is 2. The first kappa shape index (κ1) is 19.3. The third kappa shape index (κ3) is 5.24. The van der Waals surface area contributed by atoms with Crippen LogP contribution >= 0.6 is 0 Å². The highest BCUT2D eigenvalue weighted by atomic mass is 16.5. The number of phenolic OH excluding ortho intramolecular Hbond substituents is 1. The van der Waals surface area contributed by atoms with Gasteiger partial charge in [-0.1, -0.05) is 6.07 Å². The minimum Gasteiger partial charge on any atom is -0.504 e. The molecule has 0 radical (unpaired) electrons. The van der Waals surface area contributed by atoms with Crippen LogP contribution in [0.5, 0.6) is 17.2 Å². The first-order valence-electron chi connectivity index (χ1n) is 8.39. The van der Waals surface area contributed by atoms with Gasteiger partial charge in [-0.3, -0.25) is 4.79 Å². The first-order valence-corrected chi connectivity index (χ1v) is 8.39. The molecule has 0 saturated carbocycles. The van der Waals surface area contributed by atoms with Gasteiger partial charge in [0.2, 0.25) is 0 Å². The number of rotatable bonds is 7. The highest BCUT2D eigenvalue weighted by Crippen LogP contribution is 2.26. The molecule has 0 heterocycles. The lowest BCUT2D eigenvalue weighted by molar-refractivity contribution is -0.123. The van der Waals surface area contributed by atoms with Gasteiger partial charge >= 0.3 is 0 Å². The van der Waals surface area contributed by atoms with E-state index in [2.05, 4.69) is 16.6 Å². The first-order chi connectivity index (χ1) is 12.4. The molecule has 0 unspecified atom stereocenters. The van der Waals surface area contributed by atoms with Crippen LogP contribution in [0.2, 0.25) is 0 Å². The fourth-order valence-corrected chi connectivity index (χ4v) is 2.39. The number of nitrogens with one attached hydrogen (secondary N) is 1. The normalized spacial score (nSPS) is 10.8. The second kappa shape index (κ2) is 8.89. The predicted octanol–water partition coefficient (Wildman–Crippen LogP) is 3.25. The third-order valence-corrected chi connectivity index (χ3v) is 3.81. The number of hydrogen-bond donors (Lipinski definition) is 2. The molecule has 0 saturated heterocycles. The highest BCUT2D eigenvalue weighted by Gasteiger charge is 2.07. The van der Waals surface area contributed by atoms with E-state index < -0.39 is 0 Å². The van der Waals surface area contributed by atoms with Crippen molar-refractivity contribution in [1.29, 1.82) is 0 Å². The third-order valence-electron chi connectivity index (χ3n) is 3.81. The smallest absolute Gasteiger partial charge is 0.277 e. The summed E-state index contributed by atoms with van der Waals surface area (Å²) in [4.78, 5) is 11.9. The van der Waals surface area contributed by atoms with Crippen LogP contribution in [0.1, 0.15) is 29.2 Å². The second-order valence-corrected chi connectivity index (χ2v) is 5.95. The molecule has 2 N–H and O–H groups in total. The van der Waals surface area contributed by atoms with Crippen LogP contribution in [-0.4, -0.2) is 30.4 Å². The largest absolute Gasteiger partial charge is 0.504 e. The van der Waals surface area contributed by atoms with Crippen molar-refractivity contribution in [2.24, 2.45) is 5.10 Å². The summed E-state index contributed by atoms with van der Waals surface area (Å²) in [5, 5.41) is 13.6. The van der Waals surface area contributed by atoms with Gasteiger partial charge in [0.05, 0.1) is 12.8 Å². The zero-order chi connectivity index (χ0) is 19.1. The summed E-state index contributed by atoms with van der Waals surface area (Å²) in [6.07, 6.45) is 1.47. The van der Waals surface area contributed by atoms with Crippen molar-refractivity contribution in [3.8, 4) is 17.2 Å². The van der Waals surface area contributed by atoms with E-state index in [9.17, 15) is 9.90 Å². The minimum atomic E-state index is -0.358. The summed E-state index contributed by atoms with van der Waals surface area (Å²) in [6.45, 7) is 8.10. The fraction of sp³-hybridized carbons (Fsp3) is 0.300. The summed E-state index contributed by atoms with van der Waals surface area (Å²) < 4.78 is 10.9. The molecule has 0 spiro atoms. The topological polar surface area (TPSA) is 80.2 Å². The standard InChI is InChI=1S/C20H24N2O4/c1-5-25-19-10-16(6-7-17(19)23)11-21-22-20(24)12-26-18-9-13(2)8-14(3)15(18)4/h6-11,23H,5,12H2,1-4H3,(H,22,24)/b21-11+. The van der Waals surface area contributed by atoms with Crippen LogP contribution in [0.15, 0.2) is 35.4 Å². The van der Waals surface area contributed by atoms with Crippen LogP contribution in [0.4, 0.5) is 0 Å². The number of nitrogens with zero attached hydrogens (tertiary/aromatic N) is 1. The summed E-state index contributed by atoms with van der Waals surface area (Å²) in [5.74, 6) is 0.770. The zero-order valence-electron chi connectivity index (χ0n) is 15.5. The van der Waals surface area contributed by atoms with Gasteiger partial charge in [-0.25, -0.2) is 5.43 Å². The molecule has 0 aromatic heterocycles. The summed E-state index contributed by atoms with van der Waals surface area (Å²) in [7, 11) is 0. The second-order valence-electron chi connectivity index (χ2n) is 5.95. The van der Waals surface area contributed by atoms with Gasteiger partial charge in [0.1, 0.15) is 5.75 Å². The number of phenols is 1. The van der Waals surface area contributed by atoms with Crippen LogP contribution < -0.4 is 14.9 Å². The number of benzene rings is 2. The number of carbonyl (C=O) groups excluding carboxylic acids is 1. The van der Waals surface area contributed by atoms with E-state index in [0.29, 0.717) is 23.7 Å². The fourth-order valence-electron chi connectivity index (χ4n) is 2.39. The summed E-state index contributed by atoms with van der Waals surface area (Å²) in [6, 6.07) is 8.80. The Hall–Kier alpha value is -3.02. The highest BCUT2D eigenvalue weighted by molar-refractivity contribution is 5.83. The Balaban J connectivity index is 1.91. The SMILES string of the molecule is CCOc1cc(/C=N/NC(=O)COc2cc(C)cc(C)c2C)ccc1O. The van der Waals surface area contributed by atoms with Crippen LogP contribution in [0, 0.1) is 20.8 Å². The predicted molar refractivity (Wildman–Crippen MR) is 101 cm³/mol. The van der Waals surface area contributed by atoms with Gasteiger partial charge in [0, 0.05) is 0 Å². The van der Waals surface area contributed by atoms with Gasteiger partial charge < -0.3 is 14.6 Å². The molecule has 1 amide bonds. The molecule has 2 aromatic rings. The molecule has 2 aromatic carbocycles. The van der Waals surface area contributed by atoms with Crippen molar-refractivity contribution in [3.05, 3.63) is 52.6 Å². The van der Waals surface area contributed by atoms with Crippen LogP contribution in [0.3, 0.4) is 0 Å². The molecule has 6 heteroatoms. The molecule has 0 aliphatic rings. The van der Waals surface area contributed by atoms with E-state index in [4.69, 9.17) is 9.47 Å². The van der Waals surface area contributed by atoms with E-state index in [1.54, 1.807) is 12.1 Å². The Morgan fingerprint density at radius 2 is 1.92 bits per heavy atom. The molecular formula is C20H24N2O4. The van der Waals surface area contributed by atoms with Crippen molar-refractivity contribution >= 4 is 12.1 Å². The van der Waals surface area contributed by atoms with Crippen LogP contribution in [0.25, 0.3) is 0 Å². The van der Waals surface area contributed by atoms with Crippen molar-refractivity contribution in [2.45, 2.75) is 27.7 Å². The maximum absolute atomic E-state index is 11.9. The lowest BCUT2D eigenvalue weighted by Crippen LogP contribution is -2.24. The maximum Gasteiger partial charge on any atom is 0.277 e. The maximum atomic E-state index is 11.9. The molecule has 138 valence electrons. The molecule has 0 atom stereocenters. The molecular weight excluding hydrogens is 332 g/mol.